The molecular weight excluding hydrogens is 237 g/mol. The zero-order valence-electron chi connectivity index (χ0n) is 7.58. The Morgan fingerprint density at radius 2 is 2.27 bits per heavy atom. The summed E-state index contributed by atoms with van der Waals surface area (Å²) in [5.41, 5.74) is 0. The van der Waals surface area contributed by atoms with Gasteiger partial charge in [0.15, 0.2) is 0 Å². The van der Waals surface area contributed by atoms with Crippen LogP contribution in [0.25, 0.3) is 0 Å². The minimum atomic E-state index is -0.732. The number of thiophene rings is 1. The van der Waals surface area contributed by atoms with Crippen molar-refractivity contribution in [1.29, 1.82) is 0 Å². The third-order valence-electron chi connectivity index (χ3n) is 1.70. The summed E-state index contributed by atoms with van der Waals surface area (Å²) in [6.45, 7) is 0.577. The standard InChI is InChI=1S/C9H7ClFN3S/c10-7-2-1-6(15-7)5-13-8-3-4-12-9(11)14-8/h1-4H,5H2,(H,12,13,14). The van der Waals surface area contributed by atoms with Crippen LogP contribution in [0, 0.1) is 6.08 Å². The summed E-state index contributed by atoms with van der Waals surface area (Å²) in [6.07, 6.45) is 0.635. The molecule has 3 nitrogen and oxygen atoms in total. The number of hydrogen-bond donors (Lipinski definition) is 1. The van der Waals surface area contributed by atoms with E-state index in [2.05, 4.69) is 15.3 Å². The predicted octanol–water partition coefficient (Wildman–Crippen LogP) is 2.94. The molecule has 0 aliphatic rings. The molecule has 2 aromatic heterocycles. The molecule has 0 unspecified atom stereocenters. The molecule has 2 heterocycles. The van der Waals surface area contributed by atoms with Crippen molar-refractivity contribution >= 4 is 28.8 Å². The number of anilines is 1. The van der Waals surface area contributed by atoms with E-state index in [-0.39, 0.29) is 0 Å². The zero-order valence-corrected chi connectivity index (χ0v) is 9.15. The molecule has 1 N–H and O–H groups in total. The van der Waals surface area contributed by atoms with E-state index in [1.807, 2.05) is 12.1 Å². The number of nitrogens with one attached hydrogen (secondary N) is 1. The Labute approximate surface area is 95.0 Å². The maximum Gasteiger partial charge on any atom is 0.310 e. The fraction of sp³-hybridized carbons (Fsp3) is 0.111. The molecule has 0 aliphatic heterocycles. The first-order valence-electron chi connectivity index (χ1n) is 4.21. The monoisotopic (exact) mass is 243 g/mol. The third-order valence-corrected chi connectivity index (χ3v) is 2.93. The molecule has 0 saturated carbocycles. The zero-order chi connectivity index (χ0) is 10.7. The van der Waals surface area contributed by atoms with Crippen LogP contribution in [0.4, 0.5) is 10.2 Å². The number of halogens is 2. The third kappa shape index (κ3) is 2.87. The molecule has 0 aliphatic carbocycles. The van der Waals surface area contributed by atoms with Crippen molar-refractivity contribution in [2.24, 2.45) is 0 Å². The lowest BCUT2D eigenvalue weighted by atomic mass is 10.4. The SMILES string of the molecule is Fc1nccc(NCc2ccc(Cl)s2)n1. The van der Waals surface area contributed by atoms with E-state index >= 15 is 0 Å². The summed E-state index contributed by atoms with van der Waals surface area (Å²) in [6, 6.07) is 5.35. The summed E-state index contributed by atoms with van der Waals surface area (Å²) >= 11 is 7.25. The lowest BCUT2D eigenvalue weighted by molar-refractivity contribution is 0.540. The quantitative estimate of drug-likeness (QED) is 0.843. The Morgan fingerprint density at radius 1 is 1.40 bits per heavy atom. The van der Waals surface area contributed by atoms with Crippen molar-refractivity contribution in [3.8, 4) is 0 Å². The van der Waals surface area contributed by atoms with Crippen LogP contribution < -0.4 is 5.32 Å². The van der Waals surface area contributed by atoms with Gasteiger partial charge >= 0.3 is 6.08 Å². The Hall–Kier alpha value is -1.20. The summed E-state index contributed by atoms with van der Waals surface area (Å²) in [5, 5.41) is 2.98. The van der Waals surface area contributed by atoms with Crippen LogP contribution >= 0.6 is 22.9 Å². The second-order valence-corrected chi connectivity index (χ2v) is 4.57. The highest BCUT2D eigenvalue weighted by molar-refractivity contribution is 7.16. The molecule has 78 valence electrons. The minimum Gasteiger partial charge on any atom is -0.365 e. The number of nitrogens with zero attached hydrogens (tertiary/aromatic N) is 2. The van der Waals surface area contributed by atoms with E-state index in [1.54, 1.807) is 6.07 Å². The Morgan fingerprint density at radius 3 is 2.93 bits per heavy atom. The number of hydrogen-bond acceptors (Lipinski definition) is 4. The van der Waals surface area contributed by atoms with Gasteiger partial charge in [0, 0.05) is 11.1 Å². The molecule has 0 amide bonds. The van der Waals surface area contributed by atoms with Crippen molar-refractivity contribution in [2.45, 2.75) is 6.54 Å². The van der Waals surface area contributed by atoms with E-state index in [0.717, 1.165) is 9.21 Å². The van der Waals surface area contributed by atoms with Gasteiger partial charge in [-0.1, -0.05) is 11.6 Å². The van der Waals surface area contributed by atoms with Crippen LogP contribution in [0.2, 0.25) is 4.34 Å². The normalized spacial score (nSPS) is 10.3. The van der Waals surface area contributed by atoms with E-state index in [1.165, 1.54) is 17.5 Å². The molecule has 0 radical (unpaired) electrons. The van der Waals surface area contributed by atoms with Crippen LogP contribution in [0.1, 0.15) is 4.88 Å². The van der Waals surface area contributed by atoms with Gasteiger partial charge in [-0.2, -0.15) is 9.37 Å². The maximum atomic E-state index is 12.6. The largest absolute Gasteiger partial charge is 0.365 e. The Bertz CT molecular complexity index is 460. The average Bonchev–Trinajstić information content (AvgIpc) is 2.62. The van der Waals surface area contributed by atoms with Gasteiger partial charge in [0.2, 0.25) is 0 Å². The van der Waals surface area contributed by atoms with Crippen LogP contribution in [-0.4, -0.2) is 9.97 Å². The van der Waals surface area contributed by atoms with E-state index in [9.17, 15) is 4.39 Å². The van der Waals surface area contributed by atoms with E-state index in [4.69, 9.17) is 11.6 Å². The van der Waals surface area contributed by atoms with Gasteiger partial charge in [0.1, 0.15) is 5.82 Å². The van der Waals surface area contributed by atoms with Crippen LogP contribution in [0.3, 0.4) is 0 Å². The smallest absolute Gasteiger partial charge is 0.310 e. The Kier molecular flexibility index (Phi) is 3.13. The molecule has 0 atom stereocenters. The first kappa shape index (κ1) is 10.3. The van der Waals surface area contributed by atoms with Gasteiger partial charge in [-0.25, -0.2) is 4.98 Å². The fourth-order valence-corrected chi connectivity index (χ4v) is 2.09. The van der Waals surface area contributed by atoms with Crippen molar-refractivity contribution in [3.63, 3.8) is 0 Å². The van der Waals surface area contributed by atoms with Gasteiger partial charge in [-0.3, -0.25) is 0 Å². The second kappa shape index (κ2) is 4.55. The van der Waals surface area contributed by atoms with Crippen molar-refractivity contribution in [1.82, 2.24) is 9.97 Å². The highest BCUT2D eigenvalue weighted by Gasteiger charge is 2.00. The molecular formula is C9H7ClFN3S. The Balaban J connectivity index is 1.99. The highest BCUT2D eigenvalue weighted by atomic mass is 35.5. The van der Waals surface area contributed by atoms with E-state index in [0.29, 0.717) is 12.4 Å². The summed E-state index contributed by atoms with van der Waals surface area (Å²) in [4.78, 5) is 8.01. The van der Waals surface area contributed by atoms with Crippen LogP contribution in [0.15, 0.2) is 24.4 Å². The van der Waals surface area contributed by atoms with Crippen molar-refractivity contribution < 1.29 is 4.39 Å². The fourth-order valence-electron chi connectivity index (χ4n) is 1.06. The first-order valence-corrected chi connectivity index (χ1v) is 5.40. The predicted molar refractivity (Wildman–Crippen MR) is 58.6 cm³/mol. The van der Waals surface area contributed by atoms with E-state index < -0.39 is 6.08 Å². The van der Waals surface area contributed by atoms with Gasteiger partial charge in [-0.05, 0) is 18.2 Å². The topological polar surface area (TPSA) is 37.8 Å². The van der Waals surface area contributed by atoms with Gasteiger partial charge in [0.05, 0.1) is 10.9 Å². The first-order chi connectivity index (χ1) is 7.24. The lowest BCUT2D eigenvalue weighted by Gasteiger charge is -2.02. The summed E-state index contributed by atoms with van der Waals surface area (Å²) < 4.78 is 13.4. The second-order valence-electron chi connectivity index (χ2n) is 2.77. The lowest BCUT2D eigenvalue weighted by Crippen LogP contribution is -2.01. The molecule has 0 aromatic carbocycles. The van der Waals surface area contributed by atoms with Crippen molar-refractivity contribution in [2.75, 3.05) is 5.32 Å². The molecule has 2 aromatic rings. The molecule has 0 bridgehead atoms. The maximum absolute atomic E-state index is 12.6. The number of rotatable bonds is 3. The molecule has 6 heteroatoms. The average molecular weight is 244 g/mol. The number of aromatic nitrogens is 2. The molecule has 2 rings (SSSR count). The molecule has 15 heavy (non-hydrogen) atoms. The summed E-state index contributed by atoms with van der Waals surface area (Å²) in [7, 11) is 0. The van der Waals surface area contributed by atoms with Gasteiger partial charge in [0.25, 0.3) is 0 Å². The molecule has 0 saturated heterocycles. The van der Waals surface area contributed by atoms with Crippen LogP contribution in [0.5, 0.6) is 0 Å². The minimum absolute atomic E-state index is 0.465. The van der Waals surface area contributed by atoms with Crippen molar-refractivity contribution in [3.05, 3.63) is 39.7 Å². The summed E-state index contributed by atoms with van der Waals surface area (Å²) in [5.74, 6) is 0.465. The molecule has 0 fully saturated rings. The van der Waals surface area contributed by atoms with Gasteiger partial charge in [-0.15, -0.1) is 11.3 Å². The highest BCUT2D eigenvalue weighted by Crippen LogP contribution is 2.21. The molecule has 0 spiro atoms. The van der Waals surface area contributed by atoms with Crippen LogP contribution in [-0.2, 0) is 6.54 Å². The van der Waals surface area contributed by atoms with Gasteiger partial charge < -0.3 is 5.32 Å².